The molecule has 1 N–H and O–H groups in total. The summed E-state index contributed by atoms with van der Waals surface area (Å²) < 4.78 is 5.50. The highest BCUT2D eigenvalue weighted by atomic mass is 16.6. The summed E-state index contributed by atoms with van der Waals surface area (Å²) in [5.74, 6) is -1.52. The number of hydrogen-bond donors (Lipinski definition) is 1. The van der Waals surface area contributed by atoms with Crippen LogP contribution in [0.3, 0.4) is 0 Å². The lowest BCUT2D eigenvalue weighted by molar-refractivity contribution is -0.384. The molecular formula is C26H22N2O6. The molecule has 1 fully saturated rings. The van der Waals surface area contributed by atoms with Crippen LogP contribution in [-0.2, 0) is 9.59 Å². The maximum atomic E-state index is 13.2. The average Bonchev–Trinajstić information content (AvgIpc) is 3.10. The van der Waals surface area contributed by atoms with Crippen LogP contribution in [0.25, 0.3) is 5.76 Å². The minimum Gasteiger partial charge on any atom is -0.507 e. The molecule has 1 atom stereocenters. The first-order chi connectivity index (χ1) is 16.3. The number of aliphatic hydroxyl groups is 1. The Kier molecular flexibility index (Phi) is 6.14. The lowest BCUT2D eigenvalue weighted by Gasteiger charge is -2.25. The van der Waals surface area contributed by atoms with Gasteiger partial charge in [0.2, 0.25) is 0 Å². The number of nitrogens with zero attached hydrogens (tertiary/aromatic N) is 2. The molecule has 3 aromatic rings. The Morgan fingerprint density at radius 1 is 1.06 bits per heavy atom. The van der Waals surface area contributed by atoms with Crippen LogP contribution in [0.4, 0.5) is 11.4 Å². The van der Waals surface area contributed by atoms with Crippen LogP contribution in [0.1, 0.15) is 29.7 Å². The molecule has 3 aromatic carbocycles. The van der Waals surface area contributed by atoms with Crippen LogP contribution < -0.4 is 9.64 Å². The second-order valence-corrected chi connectivity index (χ2v) is 7.81. The average molecular weight is 458 g/mol. The lowest BCUT2D eigenvalue weighted by atomic mass is 9.95. The number of rotatable bonds is 6. The molecule has 0 spiro atoms. The molecule has 0 aliphatic carbocycles. The van der Waals surface area contributed by atoms with Gasteiger partial charge in [0.15, 0.2) is 0 Å². The van der Waals surface area contributed by atoms with E-state index in [2.05, 4.69) is 0 Å². The van der Waals surface area contributed by atoms with Crippen molar-refractivity contribution in [1.29, 1.82) is 0 Å². The Hall–Kier alpha value is -4.46. The second-order valence-electron chi connectivity index (χ2n) is 7.81. The maximum Gasteiger partial charge on any atom is 0.300 e. The van der Waals surface area contributed by atoms with E-state index in [9.17, 15) is 24.8 Å². The molecule has 1 aliphatic rings. The molecule has 8 nitrogen and oxygen atoms in total. The Labute approximate surface area is 195 Å². The van der Waals surface area contributed by atoms with Crippen molar-refractivity contribution in [2.45, 2.75) is 19.9 Å². The Morgan fingerprint density at radius 2 is 1.74 bits per heavy atom. The predicted molar refractivity (Wildman–Crippen MR) is 127 cm³/mol. The van der Waals surface area contributed by atoms with Gasteiger partial charge in [0, 0.05) is 23.4 Å². The minimum absolute atomic E-state index is 0.0760. The minimum atomic E-state index is -0.933. The molecule has 0 aromatic heterocycles. The number of carbonyl (C=O) groups excluding carboxylic acids is 2. The van der Waals surface area contributed by atoms with Crippen LogP contribution in [0, 0.1) is 17.0 Å². The van der Waals surface area contributed by atoms with Crippen LogP contribution in [0.2, 0.25) is 0 Å². The molecule has 1 saturated heterocycles. The number of nitro benzene ring substituents is 1. The number of amides is 1. The quantitative estimate of drug-likeness (QED) is 0.184. The normalized spacial score (nSPS) is 17.1. The van der Waals surface area contributed by atoms with E-state index in [-0.39, 0.29) is 16.8 Å². The van der Waals surface area contributed by atoms with Crippen molar-refractivity contribution in [3.63, 3.8) is 0 Å². The number of nitro groups is 1. The first kappa shape index (κ1) is 22.7. The fourth-order valence-electron chi connectivity index (χ4n) is 3.95. The van der Waals surface area contributed by atoms with Gasteiger partial charge >= 0.3 is 0 Å². The number of aryl methyl sites for hydroxylation is 1. The van der Waals surface area contributed by atoms with E-state index < -0.39 is 28.4 Å². The highest BCUT2D eigenvalue weighted by Crippen LogP contribution is 2.42. The Bertz CT molecular complexity index is 1300. The first-order valence-electron chi connectivity index (χ1n) is 10.7. The molecule has 0 saturated carbocycles. The monoisotopic (exact) mass is 458 g/mol. The van der Waals surface area contributed by atoms with Crippen LogP contribution in [0.15, 0.2) is 78.4 Å². The van der Waals surface area contributed by atoms with Gasteiger partial charge in [-0.25, -0.2) is 0 Å². The molecule has 0 bridgehead atoms. The van der Waals surface area contributed by atoms with Crippen molar-refractivity contribution in [2.75, 3.05) is 11.5 Å². The van der Waals surface area contributed by atoms with Gasteiger partial charge in [-0.1, -0.05) is 42.0 Å². The molecule has 172 valence electrons. The topological polar surface area (TPSA) is 110 Å². The molecule has 1 unspecified atom stereocenters. The Morgan fingerprint density at radius 3 is 2.35 bits per heavy atom. The summed E-state index contributed by atoms with van der Waals surface area (Å²) in [5, 5.41) is 22.3. The van der Waals surface area contributed by atoms with Gasteiger partial charge in [0.05, 0.1) is 23.1 Å². The van der Waals surface area contributed by atoms with E-state index in [0.29, 0.717) is 23.6 Å². The third-order valence-corrected chi connectivity index (χ3v) is 5.59. The van der Waals surface area contributed by atoms with Crippen LogP contribution in [-0.4, -0.2) is 28.3 Å². The van der Waals surface area contributed by atoms with E-state index in [1.165, 1.54) is 29.2 Å². The third-order valence-electron chi connectivity index (χ3n) is 5.59. The maximum absolute atomic E-state index is 13.2. The van der Waals surface area contributed by atoms with Gasteiger partial charge in [-0.3, -0.25) is 24.6 Å². The lowest BCUT2D eigenvalue weighted by Crippen LogP contribution is -2.29. The summed E-state index contributed by atoms with van der Waals surface area (Å²) in [6, 6.07) is 18.4. The zero-order valence-electron chi connectivity index (χ0n) is 18.6. The van der Waals surface area contributed by atoms with Gasteiger partial charge < -0.3 is 9.84 Å². The number of hydrogen-bond acceptors (Lipinski definition) is 6. The molecular weight excluding hydrogens is 436 g/mol. The fraction of sp³-hybridized carbons (Fsp3) is 0.154. The van der Waals surface area contributed by atoms with Crippen molar-refractivity contribution in [1.82, 2.24) is 0 Å². The predicted octanol–water partition coefficient (Wildman–Crippen LogP) is 4.93. The van der Waals surface area contributed by atoms with E-state index in [0.717, 1.165) is 5.56 Å². The van der Waals surface area contributed by atoms with Crippen LogP contribution >= 0.6 is 0 Å². The van der Waals surface area contributed by atoms with Gasteiger partial charge in [-0.15, -0.1) is 0 Å². The van der Waals surface area contributed by atoms with Gasteiger partial charge in [0.1, 0.15) is 11.5 Å². The van der Waals surface area contributed by atoms with Crippen molar-refractivity contribution in [3.05, 3.63) is 105 Å². The number of ketones is 1. The van der Waals surface area contributed by atoms with Gasteiger partial charge in [-0.05, 0) is 43.7 Å². The smallest absolute Gasteiger partial charge is 0.300 e. The molecule has 1 aliphatic heterocycles. The molecule has 0 radical (unpaired) electrons. The number of carbonyl (C=O) groups is 2. The summed E-state index contributed by atoms with van der Waals surface area (Å²) in [5.41, 5.74) is 1.74. The summed E-state index contributed by atoms with van der Waals surface area (Å²) in [6.45, 7) is 4.25. The van der Waals surface area contributed by atoms with E-state index in [1.54, 1.807) is 36.4 Å². The highest BCUT2D eigenvalue weighted by molar-refractivity contribution is 6.51. The standard InChI is InChI=1S/C26H22N2O6/c1-3-34-21-13-9-17(10-14-21)23-22(24(29)18-5-4-6-20(15-18)28(32)33)25(30)26(31)27(23)19-11-7-16(2)8-12-19/h4-15,23,29H,3H2,1-2H3/b24-22-. The second kappa shape index (κ2) is 9.19. The van der Waals surface area contributed by atoms with E-state index in [1.807, 2.05) is 26.0 Å². The number of benzene rings is 3. The van der Waals surface area contributed by atoms with E-state index in [4.69, 9.17) is 4.74 Å². The zero-order valence-corrected chi connectivity index (χ0v) is 18.6. The number of ether oxygens (including phenoxy) is 1. The molecule has 4 rings (SSSR count). The van der Waals surface area contributed by atoms with Gasteiger partial charge in [0.25, 0.3) is 17.4 Å². The van der Waals surface area contributed by atoms with Crippen molar-refractivity contribution < 1.29 is 24.4 Å². The summed E-state index contributed by atoms with van der Waals surface area (Å²) in [4.78, 5) is 38.3. The van der Waals surface area contributed by atoms with Crippen molar-refractivity contribution in [3.8, 4) is 5.75 Å². The summed E-state index contributed by atoms with van der Waals surface area (Å²) in [7, 11) is 0. The first-order valence-corrected chi connectivity index (χ1v) is 10.7. The van der Waals surface area contributed by atoms with Crippen molar-refractivity contribution in [2.24, 2.45) is 0 Å². The van der Waals surface area contributed by atoms with Crippen molar-refractivity contribution >= 4 is 28.8 Å². The zero-order chi connectivity index (χ0) is 24.4. The Balaban J connectivity index is 1.91. The molecule has 8 heteroatoms. The number of aliphatic hydroxyl groups excluding tert-OH is 1. The largest absolute Gasteiger partial charge is 0.507 e. The number of Topliss-reactive ketones (excluding diaryl/α,β-unsaturated/α-hetero) is 1. The third kappa shape index (κ3) is 4.13. The fourth-order valence-corrected chi connectivity index (χ4v) is 3.95. The molecule has 34 heavy (non-hydrogen) atoms. The number of non-ortho nitro benzene ring substituents is 1. The molecule has 1 amide bonds. The molecule has 1 heterocycles. The van der Waals surface area contributed by atoms with E-state index >= 15 is 0 Å². The van der Waals surface area contributed by atoms with Crippen LogP contribution in [0.5, 0.6) is 5.75 Å². The summed E-state index contributed by atoms with van der Waals surface area (Å²) in [6.07, 6.45) is 0. The number of anilines is 1. The summed E-state index contributed by atoms with van der Waals surface area (Å²) >= 11 is 0. The highest BCUT2D eigenvalue weighted by Gasteiger charge is 2.47. The van der Waals surface area contributed by atoms with Gasteiger partial charge in [-0.2, -0.15) is 0 Å². The SMILES string of the molecule is CCOc1ccc(C2/C(=C(/O)c3cccc([N+](=O)[O-])c3)C(=O)C(=O)N2c2ccc(C)cc2)cc1.